The molecule has 0 aliphatic carbocycles. The highest BCUT2D eigenvalue weighted by Crippen LogP contribution is 2.05. The molecule has 2 heteroatoms. The third-order valence-corrected chi connectivity index (χ3v) is 2.83. The number of rotatable bonds is 10. The number of hydrogen-bond donors (Lipinski definition) is 0. The minimum absolute atomic E-state index is 0.497. The Balaban J connectivity index is 2.92. The van der Waals surface area contributed by atoms with Crippen molar-refractivity contribution in [3.8, 4) is 0 Å². The zero-order chi connectivity index (χ0) is 10.6. The van der Waals surface area contributed by atoms with Crippen molar-refractivity contribution in [2.45, 2.75) is 52.4 Å². The topological polar surface area (TPSA) is 9.23 Å². The van der Waals surface area contributed by atoms with E-state index in [-0.39, 0.29) is 0 Å². The number of hydrogen-bond acceptors (Lipinski definition) is 1. The molecule has 1 nitrogen and oxygen atoms in total. The highest BCUT2D eigenvalue weighted by atomic mass is 35.5. The largest absolute Gasteiger partial charge is 0.381 e. The third kappa shape index (κ3) is 10.3. The van der Waals surface area contributed by atoms with E-state index in [0.717, 1.165) is 13.2 Å². The molecular formula is C12H25ClO. The van der Waals surface area contributed by atoms with E-state index in [4.69, 9.17) is 16.3 Å². The molecule has 0 saturated carbocycles. The van der Waals surface area contributed by atoms with E-state index in [0.29, 0.717) is 11.8 Å². The first-order valence-electron chi connectivity index (χ1n) is 5.95. The van der Waals surface area contributed by atoms with E-state index in [1.165, 1.54) is 38.5 Å². The Hall–Kier alpha value is 0.250. The molecule has 0 radical (unpaired) electrons. The zero-order valence-corrected chi connectivity index (χ0v) is 10.5. The smallest absolute Gasteiger partial charge is 0.0503 e. The average Bonchev–Trinajstić information content (AvgIpc) is 2.21. The van der Waals surface area contributed by atoms with Crippen molar-refractivity contribution in [3.05, 3.63) is 0 Å². The maximum atomic E-state index is 5.67. The third-order valence-electron chi connectivity index (χ3n) is 2.31. The van der Waals surface area contributed by atoms with Gasteiger partial charge in [-0.05, 0) is 12.3 Å². The fraction of sp³-hybridized carbons (Fsp3) is 1.00. The number of halogens is 1. The Morgan fingerprint density at radius 3 is 2.36 bits per heavy atom. The second kappa shape index (κ2) is 11.3. The molecule has 0 heterocycles. The Kier molecular flexibility index (Phi) is 11.5. The van der Waals surface area contributed by atoms with Gasteiger partial charge >= 0.3 is 0 Å². The van der Waals surface area contributed by atoms with Crippen LogP contribution in [0.4, 0.5) is 0 Å². The summed E-state index contributed by atoms with van der Waals surface area (Å²) >= 11 is 5.67. The summed E-state index contributed by atoms with van der Waals surface area (Å²) < 4.78 is 5.51. The van der Waals surface area contributed by atoms with Crippen LogP contribution in [0.1, 0.15) is 52.4 Å². The lowest BCUT2D eigenvalue weighted by Crippen LogP contribution is -2.07. The molecule has 0 aromatic carbocycles. The van der Waals surface area contributed by atoms with Gasteiger partial charge in [0, 0.05) is 12.5 Å². The van der Waals surface area contributed by atoms with Gasteiger partial charge in [-0.1, -0.05) is 46.0 Å². The molecule has 0 saturated heterocycles. The first-order chi connectivity index (χ1) is 6.81. The molecule has 0 aromatic heterocycles. The van der Waals surface area contributed by atoms with Crippen molar-refractivity contribution in [1.82, 2.24) is 0 Å². The Morgan fingerprint density at radius 2 is 1.71 bits per heavy atom. The molecule has 0 amide bonds. The first kappa shape index (κ1) is 14.2. The van der Waals surface area contributed by atoms with Crippen LogP contribution >= 0.6 is 11.6 Å². The summed E-state index contributed by atoms with van der Waals surface area (Å²) in [5.41, 5.74) is 0. The van der Waals surface area contributed by atoms with Crippen LogP contribution < -0.4 is 0 Å². The van der Waals surface area contributed by atoms with Crippen molar-refractivity contribution < 1.29 is 4.74 Å². The monoisotopic (exact) mass is 220 g/mol. The van der Waals surface area contributed by atoms with Gasteiger partial charge in [0.2, 0.25) is 0 Å². The molecular weight excluding hydrogens is 196 g/mol. The summed E-state index contributed by atoms with van der Waals surface area (Å²) in [5.74, 6) is 1.20. The lowest BCUT2D eigenvalue weighted by atomic mass is 10.1. The van der Waals surface area contributed by atoms with Crippen LogP contribution in [0.15, 0.2) is 0 Å². The fourth-order valence-corrected chi connectivity index (χ4v) is 1.40. The van der Waals surface area contributed by atoms with Crippen LogP contribution in [0.3, 0.4) is 0 Å². The van der Waals surface area contributed by atoms with Crippen LogP contribution in [0.5, 0.6) is 0 Å². The van der Waals surface area contributed by atoms with Gasteiger partial charge in [-0.15, -0.1) is 11.6 Å². The molecule has 1 unspecified atom stereocenters. The molecule has 0 fully saturated rings. The van der Waals surface area contributed by atoms with Crippen molar-refractivity contribution in [2.75, 3.05) is 19.1 Å². The minimum atomic E-state index is 0.497. The van der Waals surface area contributed by atoms with Gasteiger partial charge < -0.3 is 4.74 Å². The van der Waals surface area contributed by atoms with Crippen molar-refractivity contribution in [3.63, 3.8) is 0 Å². The van der Waals surface area contributed by atoms with Gasteiger partial charge in [0.15, 0.2) is 0 Å². The fourth-order valence-electron chi connectivity index (χ4n) is 1.31. The summed E-state index contributed by atoms with van der Waals surface area (Å²) in [6.45, 7) is 6.09. The summed E-state index contributed by atoms with van der Waals surface area (Å²) in [4.78, 5) is 0. The second-order valence-corrected chi connectivity index (χ2v) is 4.41. The summed E-state index contributed by atoms with van der Waals surface area (Å²) in [7, 11) is 0. The van der Waals surface area contributed by atoms with Crippen LogP contribution in [-0.2, 0) is 4.74 Å². The summed E-state index contributed by atoms with van der Waals surface area (Å²) in [6.07, 6.45) is 7.97. The van der Waals surface area contributed by atoms with Crippen molar-refractivity contribution in [2.24, 2.45) is 5.92 Å². The normalized spacial score (nSPS) is 13.1. The molecule has 0 aliphatic rings. The molecule has 14 heavy (non-hydrogen) atoms. The van der Waals surface area contributed by atoms with Gasteiger partial charge in [0.25, 0.3) is 0 Å². The first-order valence-corrected chi connectivity index (χ1v) is 6.48. The van der Waals surface area contributed by atoms with E-state index in [2.05, 4.69) is 13.8 Å². The Labute approximate surface area is 94.2 Å². The van der Waals surface area contributed by atoms with Crippen molar-refractivity contribution >= 4 is 11.6 Å². The van der Waals surface area contributed by atoms with Crippen LogP contribution in [-0.4, -0.2) is 19.1 Å². The summed E-state index contributed by atoms with van der Waals surface area (Å²) in [6, 6.07) is 0. The van der Waals surface area contributed by atoms with Gasteiger partial charge in [-0.25, -0.2) is 0 Å². The van der Waals surface area contributed by atoms with Gasteiger partial charge in [0.05, 0.1) is 6.61 Å². The van der Waals surface area contributed by atoms with E-state index < -0.39 is 0 Å². The standard InChI is InChI=1S/C12H25ClO/c1-3-4-5-6-7-8-9-14-11-12(2)10-13/h12H,3-11H2,1-2H3. The maximum Gasteiger partial charge on any atom is 0.0503 e. The van der Waals surface area contributed by atoms with Crippen LogP contribution in [0.2, 0.25) is 0 Å². The summed E-state index contributed by atoms with van der Waals surface area (Å²) in [5, 5.41) is 0. The molecule has 86 valence electrons. The molecule has 0 rings (SSSR count). The average molecular weight is 221 g/mol. The maximum absolute atomic E-state index is 5.67. The minimum Gasteiger partial charge on any atom is -0.381 e. The van der Waals surface area contributed by atoms with Gasteiger partial charge in [0.1, 0.15) is 0 Å². The van der Waals surface area contributed by atoms with Crippen LogP contribution in [0.25, 0.3) is 0 Å². The quantitative estimate of drug-likeness (QED) is 0.395. The van der Waals surface area contributed by atoms with E-state index in [1.807, 2.05) is 0 Å². The number of alkyl halides is 1. The Bertz CT molecular complexity index is 106. The van der Waals surface area contributed by atoms with Gasteiger partial charge in [-0.2, -0.15) is 0 Å². The highest BCUT2D eigenvalue weighted by molar-refractivity contribution is 6.18. The molecule has 0 aromatic rings. The molecule has 0 N–H and O–H groups in total. The zero-order valence-electron chi connectivity index (χ0n) is 9.73. The highest BCUT2D eigenvalue weighted by Gasteiger charge is 1.98. The lowest BCUT2D eigenvalue weighted by Gasteiger charge is -2.08. The van der Waals surface area contributed by atoms with Gasteiger partial charge in [-0.3, -0.25) is 0 Å². The second-order valence-electron chi connectivity index (χ2n) is 4.10. The van der Waals surface area contributed by atoms with E-state index in [9.17, 15) is 0 Å². The molecule has 0 spiro atoms. The predicted molar refractivity (Wildman–Crippen MR) is 64.1 cm³/mol. The molecule has 0 bridgehead atoms. The predicted octanol–water partition coefficient (Wildman–Crippen LogP) is 4.24. The lowest BCUT2D eigenvalue weighted by molar-refractivity contribution is 0.107. The number of ether oxygens (including phenoxy) is 1. The van der Waals surface area contributed by atoms with Crippen LogP contribution in [0, 0.1) is 5.92 Å². The Morgan fingerprint density at radius 1 is 1.07 bits per heavy atom. The molecule has 1 atom stereocenters. The number of unbranched alkanes of at least 4 members (excludes halogenated alkanes) is 5. The van der Waals surface area contributed by atoms with Crippen molar-refractivity contribution in [1.29, 1.82) is 0 Å². The SMILES string of the molecule is CCCCCCCCOCC(C)CCl. The van der Waals surface area contributed by atoms with E-state index in [1.54, 1.807) is 0 Å². The van der Waals surface area contributed by atoms with E-state index >= 15 is 0 Å². The molecule has 0 aliphatic heterocycles.